The third kappa shape index (κ3) is 6.32. The molecule has 0 radical (unpaired) electrons. The van der Waals surface area contributed by atoms with Crippen molar-refractivity contribution >= 4 is 40.6 Å². The zero-order valence-electron chi connectivity index (χ0n) is 19.4. The predicted molar refractivity (Wildman–Crippen MR) is 131 cm³/mol. The summed E-state index contributed by atoms with van der Waals surface area (Å²) in [5, 5.41) is 8.38. The van der Waals surface area contributed by atoms with Crippen molar-refractivity contribution in [2.75, 3.05) is 29.1 Å². The molecule has 3 N–H and O–H groups in total. The molecule has 4 aromatic rings. The lowest BCUT2D eigenvalue weighted by molar-refractivity contribution is -0.140. The van der Waals surface area contributed by atoms with Gasteiger partial charge in [-0.05, 0) is 38.1 Å². The fraction of sp³-hybridized carbons (Fsp3) is 0.167. The summed E-state index contributed by atoms with van der Waals surface area (Å²) in [6.45, 7) is 3.59. The second kappa shape index (κ2) is 11.0. The standard InChI is InChI=1S/C24H22N6O6/c1-3-34-20(32)13-25-21-27-22(28-23(33)26-15-10-8-14(2)9-11-15)30-24(29-21)36-18-12-19(31)35-17-7-5-4-6-16(17)18/h4-12H,3,13H2,1-2H3,(H3,25,26,27,28,29,30,33). The van der Waals surface area contributed by atoms with Crippen molar-refractivity contribution in [1.29, 1.82) is 0 Å². The summed E-state index contributed by atoms with van der Waals surface area (Å²) in [4.78, 5) is 48.6. The largest absolute Gasteiger partial charge is 0.465 e. The summed E-state index contributed by atoms with van der Waals surface area (Å²) >= 11 is 0. The zero-order valence-corrected chi connectivity index (χ0v) is 19.4. The highest BCUT2D eigenvalue weighted by Gasteiger charge is 2.15. The van der Waals surface area contributed by atoms with E-state index >= 15 is 0 Å². The van der Waals surface area contributed by atoms with Crippen LogP contribution in [0, 0.1) is 6.92 Å². The number of carbonyl (C=O) groups is 2. The number of anilines is 3. The second-order valence-corrected chi connectivity index (χ2v) is 7.40. The molecule has 0 unspecified atom stereocenters. The van der Waals surface area contributed by atoms with Crippen molar-refractivity contribution in [3.8, 4) is 11.8 Å². The van der Waals surface area contributed by atoms with Crippen molar-refractivity contribution in [2.24, 2.45) is 0 Å². The molecule has 0 spiro atoms. The normalized spacial score (nSPS) is 10.5. The number of aromatic nitrogens is 3. The van der Waals surface area contributed by atoms with E-state index < -0.39 is 17.6 Å². The Labute approximate surface area is 204 Å². The van der Waals surface area contributed by atoms with Crippen LogP contribution in [0.5, 0.6) is 11.8 Å². The van der Waals surface area contributed by atoms with E-state index in [1.165, 1.54) is 0 Å². The Morgan fingerprint density at radius 2 is 1.72 bits per heavy atom. The molecule has 0 aliphatic heterocycles. The Bertz CT molecular complexity index is 1450. The lowest BCUT2D eigenvalue weighted by Gasteiger charge is -2.11. The third-order valence-corrected chi connectivity index (χ3v) is 4.66. The lowest BCUT2D eigenvalue weighted by Crippen LogP contribution is -2.22. The first-order valence-electron chi connectivity index (χ1n) is 10.9. The number of nitrogens with zero attached hydrogens (tertiary/aromatic N) is 3. The van der Waals surface area contributed by atoms with Gasteiger partial charge in [-0.15, -0.1) is 0 Å². The van der Waals surface area contributed by atoms with Gasteiger partial charge in [-0.2, -0.15) is 15.0 Å². The summed E-state index contributed by atoms with van der Waals surface area (Å²) in [7, 11) is 0. The van der Waals surface area contributed by atoms with E-state index in [9.17, 15) is 14.4 Å². The fourth-order valence-electron chi connectivity index (χ4n) is 3.07. The molecular weight excluding hydrogens is 468 g/mol. The monoisotopic (exact) mass is 490 g/mol. The van der Waals surface area contributed by atoms with Gasteiger partial charge in [0.05, 0.1) is 18.1 Å². The topological polar surface area (TPSA) is 158 Å². The summed E-state index contributed by atoms with van der Waals surface area (Å²) < 4.78 is 15.8. The minimum atomic E-state index is -0.630. The van der Waals surface area contributed by atoms with Gasteiger partial charge in [0.15, 0.2) is 0 Å². The summed E-state index contributed by atoms with van der Waals surface area (Å²) in [5.41, 5.74) is 1.28. The van der Waals surface area contributed by atoms with E-state index in [4.69, 9.17) is 13.9 Å². The van der Waals surface area contributed by atoms with Crippen molar-refractivity contribution in [3.05, 3.63) is 70.6 Å². The maximum atomic E-state index is 12.5. The Morgan fingerprint density at radius 1 is 0.972 bits per heavy atom. The minimum Gasteiger partial charge on any atom is -0.465 e. The Morgan fingerprint density at radius 3 is 2.50 bits per heavy atom. The number of fused-ring (bicyclic) bond motifs is 1. The number of ether oxygens (including phenoxy) is 2. The maximum Gasteiger partial charge on any atom is 0.339 e. The molecule has 0 aliphatic rings. The SMILES string of the molecule is CCOC(=O)CNc1nc(NC(=O)Nc2ccc(C)cc2)nc(Oc2cc(=O)oc3ccccc23)n1. The van der Waals surface area contributed by atoms with Gasteiger partial charge in [-0.1, -0.05) is 29.8 Å². The lowest BCUT2D eigenvalue weighted by atomic mass is 10.2. The molecule has 12 nitrogen and oxygen atoms in total. The van der Waals surface area contributed by atoms with Gasteiger partial charge in [0.1, 0.15) is 17.9 Å². The fourth-order valence-corrected chi connectivity index (χ4v) is 3.07. The summed E-state index contributed by atoms with van der Waals surface area (Å²) in [5.74, 6) is -0.618. The molecule has 2 aromatic carbocycles. The van der Waals surface area contributed by atoms with Crippen LogP contribution in [-0.2, 0) is 9.53 Å². The van der Waals surface area contributed by atoms with Crippen LogP contribution in [0.25, 0.3) is 11.0 Å². The molecule has 0 saturated carbocycles. The number of rotatable bonds is 8. The number of esters is 1. The van der Waals surface area contributed by atoms with E-state index in [0.717, 1.165) is 11.6 Å². The molecule has 0 saturated heterocycles. The van der Waals surface area contributed by atoms with Crippen LogP contribution >= 0.6 is 0 Å². The molecule has 0 fully saturated rings. The average molecular weight is 490 g/mol. The van der Waals surface area contributed by atoms with Gasteiger partial charge in [-0.3, -0.25) is 10.1 Å². The van der Waals surface area contributed by atoms with Crippen LogP contribution in [0.4, 0.5) is 22.4 Å². The Kier molecular flexibility index (Phi) is 7.34. The maximum absolute atomic E-state index is 12.5. The van der Waals surface area contributed by atoms with Gasteiger partial charge in [0.25, 0.3) is 0 Å². The number of amides is 2. The molecule has 0 aliphatic carbocycles. The van der Waals surface area contributed by atoms with Gasteiger partial charge >= 0.3 is 23.6 Å². The molecule has 12 heteroatoms. The number of urea groups is 1. The molecule has 0 bridgehead atoms. The quantitative estimate of drug-likeness (QED) is 0.246. The second-order valence-electron chi connectivity index (χ2n) is 7.40. The van der Waals surface area contributed by atoms with Gasteiger partial charge in [0.2, 0.25) is 11.9 Å². The van der Waals surface area contributed by atoms with E-state index in [-0.39, 0.29) is 36.8 Å². The first-order chi connectivity index (χ1) is 17.4. The van der Waals surface area contributed by atoms with Crippen LogP contribution in [0.1, 0.15) is 12.5 Å². The Balaban J connectivity index is 1.60. The molecule has 184 valence electrons. The van der Waals surface area contributed by atoms with Crippen molar-refractivity contribution < 1.29 is 23.5 Å². The smallest absolute Gasteiger partial charge is 0.339 e. The van der Waals surface area contributed by atoms with Crippen LogP contribution in [0.3, 0.4) is 0 Å². The molecule has 4 rings (SSSR count). The number of benzene rings is 2. The van der Waals surface area contributed by atoms with E-state index in [1.807, 2.05) is 19.1 Å². The zero-order chi connectivity index (χ0) is 25.5. The molecule has 2 heterocycles. The van der Waals surface area contributed by atoms with Crippen LogP contribution < -0.4 is 26.3 Å². The molecule has 36 heavy (non-hydrogen) atoms. The molecule has 0 atom stereocenters. The predicted octanol–water partition coefficient (Wildman–Crippen LogP) is 3.70. The van der Waals surface area contributed by atoms with Crippen molar-refractivity contribution in [3.63, 3.8) is 0 Å². The van der Waals surface area contributed by atoms with Crippen molar-refractivity contribution in [1.82, 2.24) is 15.0 Å². The number of carbonyl (C=O) groups excluding carboxylic acids is 2. The van der Waals surface area contributed by atoms with E-state index in [0.29, 0.717) is 16.7 Å². The third-order valence-electron chi connectivity index (χ3n) is 4.66. The van der Waals surface area contributed by atoms with Crippen LogP contribution in [0.2, 0.25) is 0 Å². The number of nitrogens with one attached hydrogen (secondary N) is 3. The first kappa shape index (κ1) is 24.1. The van der Waals surface area contributed by atoms with Gasteiger partial charge < -0.3 is 24.5 Å². The molecule has 2 aromatic heterocycles. The minimum absolute atomic E-state index is 0.0639. The summed E-state index contributed by atoms with van der Waals surface area (Å²) in [6, 6.07) is 14.3. The van der Waals surface area contributed by atoms with Crippen molar-refractivity contribution in [2.45, 2.75) is 13.8 Å². The van der Waals surface area contributed by atoms with Gasteiger partial charge in [0, 0.05) is 5.69 Å². The highest BCUT2D eigenvalue weighted by molar-refractivity contribution is 5.98. The van der Waals surface area contributed by atoms with E-state index in [2.05, 4.69) is 30.9 Å². The molecule has 2 amide bonds. The summed E-state index contributed by atoms with van der Waals surface area (Å²) in [6.07, 6.45) is 0. The number of para-hydroxylation sites is 1. The highest BCUT2D eigenvalue weighted by Crippen LogP contribution is 2.27. The molecular formula is C24H22N6O6. The number of hydrogen-bond acceptors (Lipinski definition) is 10. The van der Waals surface area contributed by atoms with Gasteiger partial charge in [-0.25, -0.2) is 9.59 Å². The van der Waals surface area contributed by atoms with E-state index in [1.54, 1.807) is 43.3 Å². The van der Waals surface area contributed by atoms with Crippen LogP contribution in [0.15, 0.2) is 63.8 Å². The number of hydrogen-bond donors (Lipinski definition) is 3. The Hall–Kier alpha value is -5.00. The highest BCUT2D eigenvalue weighted by atomic mass is 16.5. The van der Waals surface area contributed by atoms with Crippen LogP contribution in [-0.4, -0.2) is 40.1 Å². The number of aryl methyl sites for hydroxylation is 1. The first-order valence-corrected chi connectivity index (χ1v) is 10.9. The average Bonchev–Trinajstić information content (AvgIpc) is 2.84.